The highest BCUT2D eigenvalue weighted by atomic mass is 32.1. The van der Waals surface area contributed by atoms with E-state index in [9.17, 15) is 0 Å². The number of thiophene rings is 1. The third kappa shape index (κ3) is 3.72. The highest BCUT2D eigenvalue weighted by Gasteiger charge is 2.28. The SMILES string of the molecule is CC(NCCN(Cc1ccsc1)C1CC1)c1ccco1. The topological polar surface area (TPSA) is 28.4 Å². The van der Waals surface area contributed by atoms with Crippen LogP contribution in [-0.2, 0) is 6.54 Å². The van der Waals surface area contributed by atoms with Crippen LogP contribution < -0.4 is 5.32 Å². The molecule has 3 rings (SSSR count). The Bertz CT molecular complexity index is 491. The molecule has 0 saturated heterocycles. The summed E-state index contributed by atoms with van der Waals surface area (Å²) in [7, 11) is 0. The highest BCUT2D eigenvalue weighted by Crippen LogP contribution is 2.28. The van der Waals surface area contributed by atoms with Gasteiger partial charge >= 0.3 is 0 Å². The molecule has 2 heterocycles. The van der Waals surface area contributed by atoms with Gasteiger partial charge in [-0.05, 0) is 54.3 Å². The van der Waals surface area contributed by atoms with Gasteiger partial charge < -0.3 is 9.73 Å². The van der Waals surface area contributed by atoms with Crippen LogP contribution in [0.15, 0.2) is 39.6 Å². The summed E-state index contributed by atoms with van der Waals surface area (Å²) in [6.45, 7) is 5.35. The number of nitrogens with one attached hydrogen (secondary N) is 1. The van der Waals surface area contributed by atoms with Crippen LogP contribution in [0.25, 0.3) is 0 Å². The van der Waals surface area contributed by atoms with Gasteiger partial charge in [0.2, 0.25) is 0 Å². The molecule has 1 saturated carbocycles. The van der Waals surface area contributed by atoms with E-state index in [-0.39, 0.29) is 6.04 Å². The van der Waals surface area contributed by atoms with Gasteiger partial charge in [0.1, 0.15) is 5.76 Å². The van der Waals surface area contributed by atoms with Gasteiger partial charge in [-0.1, -0.05) is 0 Å². The Morgan fingerprint density at radius 2 is 2.35 bits per heavy atom. The summed E-state index contributed by atoms with van der Waals surface area (Å²) in [5.41, 5.74) is 1.45. The second-order valence-electron chi connectivity index (χ2n) is 5.52. The van der Waals surface area contributed by atoms with Crippen molar-refractivity contribution in [3.8, 4) is 0 Å². The van der Waals surface area contributed by atoms with Crippen molar-refractivity contribution in [2.24, 2.45) is 0 Å². The lowest BCUT2D eigenvalue weighted by atomic mass is 10.2. The molecule has 0 bridgehead atoms. The van der Waals surface area contributed by atoms with E-state index in [2.05, 4.69) is 34.0 Å². The monoisotopic (exact) mass is 290 g/mol. The van der Waals surface area contributed by atoms with Crippen LogP contribution in [0.5, 0.6) is 0 Å². The van der Waals surface area contributed by atoms with Crippen LogP contribution in [0.4, 0.5) is 0 Å². The Morgan fingerprint density at radius 1 is 1.45 bits per heavy atom. The van der Waals surface area contributed by atoms with E-state index in [1.165, 1.54) is 18.4 Å². The molecule has 0 radical (unpaired) electrons. The molecular formula is C16H22N2OS. The molecule has 1 atom stereocenters. The van der Waals surface area contributed by atoms with E-state index in [1.807, 2.05) is 12.1 Å². The first-order chi connectivity index (χ1) is 9.83. The number of rotatable bonds is 8. The van der Waals surface area contributed by atoms with Crippen LogP contribution in [0.2, 0.25) is 0 Å². The third-order valence-corrected chi connectivity index (χ3v) is 4.58. The van der Waals surface area contributed by atoms with E-state index in [4.69, 9.17) is 4.42 Å². The first-order valence-electron chi connectivity index (χ1n) is 7.35. The minimum Gasteiger partial charge on any atom is -0.468 e. The fourth-order valence-corrected chi connectivity index (χ4v) is 3.17. The van der Waals surface area contributed by atoms with Gasteiger partial charge in [-0.25, -0.2) is 0 Å². The second kappa shape index (κ2) is 6.57. The van der Waals surface area contributed by atoms with E-state index in [0.717, 1.165) is 31.4 Å². The number of nitrogens with zero attached hydrogens (tertiary/aromatic N) is 1. The molecule has 20 heavy (non-hydrogen) atoms. The molecule has 0 aliphatic heterocycles. The Balaban J connectivity index is 1.45. The lowest BCUT2D eigenvalue weighted by Crippen LogP contribution is -2.34. The summed E-state index contributed by atoms with van der Waals surface area (Å²) in [6, 6.07) is 7.30. The molecule has 1 unspecified atom stereocenters. The molecule has 1 aliphatic carbocycles. The molecule has 1 fully saturated rings. The molecule has 2 aromatic rings. The average molecular weight is 290 g/mol. The Hall–Kier alpha value is -1.10. The molecule has 2 aromatic heterocycles. The van der Waals surface area contributed by atoms with Gasteiger partial charge in [0.15, 0.2) is 0 Å². The quantitative estimate of drug-likeness (QED) is 0.804. The Labute approximate surface area is 124 Å². The largest absolute Gasteiger partial charge is 0.468 e. The van der Waals surface area contributed by atoms with E-state index < -0.39 is 0 Å². The zero-order chi connectivity index (χ0) is 13.8. The van der Waals surface area contributed by atoms with Gasteiger partial charge in [-0.2, -0.15) is 11.3 Å². The van der Waals surface area contributed by atoms with Crippen molar-refractivity contribution in [1.82, 2.24) is 10.2 Å². The standard InChI is InChI=1S/C16H22N2OS/c1-13(16-3-2-9-19-16)17-7-8-18(15-4-5-15)11-14-6-10-20-12-14/h2-3,6,9-10,12-13,15,17H,4-5,7-8,11H2,1H3. The van der Waals surface area contributed by atoms with Crippen molar-refractivity contribution >= 4 is 11.3 Å². The highest BCUT2D eigenvalue weighted by molar-refractivity contribution is 7.07. The van der Waals surface area contributed by atoms with Crippen LogP contribution in [0.3, 0.4) is 0 Å². The molecule has 1 aliphatic rings. The van der Waals surface area contributed by atoms with Gasteiger partial charge in [-0.3, -0.25) is 4.90 Å². The average Bonchev–Trinajstić information content (AvgIpc) is 2.94. The lowest BCUT2D eigenvalue weighted by molar-refractivity contribution is 0.249. The van der Waals surface area contributed by atoms with Gasteiger partial charge in [-0.15, -0.1) is 0 Å². The maximum absolute atomic E-state index is 5.42. The predicted molar refractivity (Wildman–Crippen MR) is 82.9 cm³/mol. The van der Waals surface area contributed by atoms with E-state index in [0.29, 0.717) is 0 Å². The van der Waals surface area contributed by atoms with Gasteiger partial charge in [0, 0.05) is 25.7 Å². The van der Waals surface area contributed by atoms with Crippen molar-refractivity contribution in [1.29, 1.82) is 0 Å². The predicted octanol–water partition coefficient (Wildman–Crippen LogP) is 3.66. The molecule has 4 heteroatoms. The minimum atomic E-state index is 0.284. The zero-order valence-corrected chi connectivity index (χ0v) is 12.7. The smallest absolute Gasteiger partial charge is 0.120 e. The number of furan rings is 1. The summed E-state index contributed by atoms with van der Waals surface area (Å²) < 4.78 is 5.42. The zero-order valence-electron chi connectivity index (χ0n) is 11.9. The fourth-order valence-electron chi connectivity index (χ4n) is 2.51. The van der Waals surface area contributed by atoms with Crippen LogP contribution in [0.1, 0.15) is 37.1 Å². The molecule has 1 N–H and O–H groups in total. The first kappa shape index (κ1) is 13.9. The Morgan fingerprint density at radius 3 is 3.00 bits per heavy atom. The molecule has 108 valence electrons. The maximum atomic E-state index is 5.42. The van der Waals surface area contributed by atoms with Crippen LogP contribution >= 0.6 is 11.3 Å². The molecule has 0 spiro atoms. The third-order valence-electron chi connectivity index (χ3n) is 3.85. The first-order valence-corrected chi connectivity index (χ1v) is 8.29. The summed E-state index contributed by atoms with van der Waals surface area (Å²) in [5.74, 6) is 1.01. The lowest BCUT2D eigenvalue weighted by Gasteiger charge is -2.22. The van der Waals surface area contributed by atoms with E-state index >= 15 is 0 Å². The summed E-state index contributed by atoms with van der Waals surface area (Å²) in [6.07, 6.45) is 4.45. The molecular weight excluding hydrogens is 268 g/mol. The van der Waals surface area contributed by atoms with E-state index in [1.54, 1.807) is 17.6 Å². The Kier molecular flexibility index (Phi) is 4.55. The van der Waals surface area contributed by atoms with Gasteiger partial charge in [0.25, 0.3) is 0 Å². The summed E-state index contributed by atoms with van der Waals surface area (Å²) in [4.78, 5) is 2.60. The van der Waals surface area contributed by atoms with Crippen molar-refractivity contribution in [2.75, 3.05) is 13.1 Å². The summed E-state index contributed by atoms with van der Waals surface area (Å²) in [5, 5.41) is 7.97. The molecule has 0 aromatic carbocycles. The van der Waals surface area contributed by atoms with Crippen molar-refractivity contribution < 1.29 is 4.42 Å². The maximum Gasteiger partial charge on any atom is 0.120 e. The van der Waals surface area contributed by atoms with Crippen molar-refractivity contribution in [3.63, 3.8) is 0 Å². The molecule has 0 amide bonds. The normalized spacial score (nSPS) is 16.7. The fraction of sp³-hybridized carbons (Fsp3) is 0.500. The number of hydrogen-bond donors (Lipinski definition) is 1. The van der Waals surface area contributed by atoms with Crippen molar-refractivity contribution in [2.45, 2.75) is 38.4 Å². The second-order valence-corrected chi connectivity index (χ2v) is 6.30. The van der Waals surface area contributed by atoms with Crippen molar-refractivity contribution in [3.05, 3.63) is 46.5 Å². The van der Waals surface area contributed by atoms with Gasteiger partial charge in [0.05, 0.1) is 12.3 Å². The minimum absolute atomic E-state index is 0.284. The van der Waals surface area contributed by atoms with Crippen LogP contribution in [-0.4, -0.2) is 24.0 Å². The number of hydrogen-bond acceptors (Lipinski definition) is 4. The molecule has 3 nitrogen and oxygen atoms in total. The summed E-state index contributed by atoms with van der Waals surface area (Å²) >= 11 is 1.79. The van der Waals surface area contributed by atoms with Crippen LogP contribution in [0, 0.1) is 0 Å².